The average molecular weight is 376 g/mol. The molecule has 146 valence electrons. The number of aryl methyl sites for hydroxylation is 1. The predicted molar refractivity (Wildman–Crippen MR) is 102 cm³/mol. The first kappa shape index (κ1) is 19.9. The van der Waals surface area contributed by atoms with Crippen LogP contribution in [0.4, 0.5) is 13.2 Å². The minimum absolute atomic E-state index is 0.0814. The Morgan fingerprint density at radius 2 is 1.78 bits per heavy atom. The van der Waals surface area contributed by atoms with E-state index in [2.05, 4.69) is 6.92 Å². The van der Waals surface area contributed by atoms with Crippen LogP contribution in [0.15, 0.2) is 30.3 Å². The molecule has 1 nitrogen and oxygen atoms in total. The van der Waals surface area contributed by atoms with Gasteiger partial charge in [-0.25, -0.2) is 13.2 Å². The molecule has 0 N–H and O–H groups in total. The lowest BCUT2D eigenvalue weighted by Gasteiger charge is -2.29. The van der Waals surface area contributed by atoms with Crippen LogP contribution >= 0.6 is 0 Å². The summed E-state index contributed by atoms with van der Waals surface area (Å²) in [5, 5.41) is 0. The van der Waals surface area contributed by atoms with Gasteiger partial charge in [0.25, 0.3) is 0 Å². The number of halogens is 3. The second kappa shape index (κ2) is 8.92. The summed E-state index contributed by atoms with van der Waals surface area (Å²) in [5.41, 5.74) is 1.28. The van der Waals surface area contributed by atoms with Crippen molar-refractivity contribution in [3.05, 3.63) is 58.9 Å². The van der Waals surface area contributed by atoms with Gasteiger partial charge in [0.2, 0.25) is 0 Å². The van der Waals surface area contributed by atoms with E-state index < -0.39 is 17.7 Å². The molecule has 2 aromatic carbocycles. The first-order chi connectivity index (χ1) is 13.0. The second-order valence-corrected chi connectivity index (χ2v) is 7.44. The van der Waals surface area contributed by atoms with Gasteiger partial charge in [-0.05, 0) is 48.8 Å². The van der Waals surface area contributed by atoms with E-state index in [1.807, 2.05) is 6.92 Å². The Labute approximate surface area is 159 Å². The van der Waals surface area contributed by atoms with Crippen LogP contribution in [-0.4, -0.2) is 6.61 Å². The van der Waals surface area contributed by atoms with Crippen LogP contribution in [0.25, 0.3) is 11.1 Å². The van der Waals surface area contributed by atoms with Gasteiger partial charge in [0.1, 0.15) is 5.82 Å². The highest BCUT2D eigenvalue weighted by Crippen LogP contribution is 2.36. The number of hydrogen-bond donors (Lipinski definition) is 0. The lowest BCUT2D eigenvalue weighted by Crippen LogP contribution is -2.21. The molecule has 0 saturated carbocycles. The number of rotatable bonds is 6. The molecule has 27 heavy (non-hydrogen) atoms. The summed E-state index contributed by atoms with van der Waals surface area (Å²) in [4.78, 5) is 0. The largest absolute Gasteiger partial charge is 0.373 e. The molecule has 1 heterocycles. The van der Waals surface area contributed by atoms with Crippen LogP contribution in [0, 0.1) is 23.4 Å². The molecule has 0 spiro atoms. The van der Waals surface area contributed by atoms with Gasteiger partial charge >= 0.3 is 0 Å². The molecule has 0 aliphatic carbocycles. The third-order valence-electron chi connectivity index (χ3n) is 5.41. The molecule has 0 amide bonds. The zero-order valence-electron chi connectivity index (χ0n) is 16.0. The van der Waals surface area contributed by atoms with E-state index in [9.17, 15) is 13.2 Å². The van der Waals surface area contributed by atoms with Crippen LogP contribution in [-0.2, 0) is 11.2 Å². The van der Waals surface area contributed by atoms with E-state index in [1.165, 1.54) is 12.1 Å². The smallest absolute Gasteiger partial charge is 0.167 e. The van der Waals surface area contributed by atoms with E-state index in [-0.39, 0.29) is 16.9 Å². The Kier molecular flexibility index (Phi) is 6.59. The first-order valence-corrected chi connectivity index (χ1v) is 9.93. The van der Waals surface area contributed by atoms with Crippen LogP contribution in [0.2, 0.25) is 0 Å². The number of hydrogen-bond acceptors (Lipinski definition) is 1. The van der Waals surface area contributed by atoms with Crippen molar-refractivity contribution in [2.45, 2.75) is 58.5 Å². The summed E-state index contributed by atoms with van der Waals surface area (Å²) in [7, 11) is 0. The van der Waals surface area contributed by atoms with Gasteiger partial charge < -0.3 is 4.74 Å². The third kappa shape index (κ3) is 4.37. The molecule has 1 aliphatic heterocycles. The van der Waals surface area contributed by atoms with Crippen molar-refractivity contribution in [2.24, 2.45) is 5.92 Å². The summed E-state index contributed by atoms with van der Waals surface area (Å²) in [6.45, 7) is 4.70. The van der Waals surface area contributed by atoms with E-state index in [1.54, 1.807) is 18.2 Å². The van der Waals surface area contributed by atoms with Crippen LogP contribution < -0.4 is 0 Å². The Hall–Kier alpha value is -1.81. The molecule has 2 unspecified atom stereocenters. The van der Waals surface area contributed by atoms with Crippen LogP contribution in [0.1, 0.15) is 63.2 Å². The highest BCUT2D eigenvalue weighted by Gasteiger charge is 2.27. The molecular weight excluding hydrogens is 349 g/mol. The summed E-state index contributed by atoms with van der Waals surface area (Å²) in [6.07, 6.45) is 4.90. The van der Waals surface area contributed by atoms with E-state index in [4.69, 9.17) is 4.74 Å². The van der Waals surface area contributed by atoms with Gasteiger partial charge in [-0.1, -0.05) is 51.0 Å². The van der Waals surface area contributed by atoms with Crippen molar-refractivity contribution in [2.75, 3.05) is 6.61 Å². The standard InChI is InChI=1S/C23H27F3O/c1-3-5-15-7-12-21(27-14-15)19-11-10-18(22(25)23(19)26)17-9-8-16(6-4-2)20(24)13-17/h8-11,13,15,21H,3-7,12,14H2,1-2H3. The van der Waals surface area contributed by atoms with Gasteiger partial charge in [-0.15, -0.1) is 0 Å². The Morgan fingerprint density at radius 1 is 0.963 bits per heavy atom. The Balaban J connectivity index is 1.82. The van der Waals surface area contributed by atoms with Crippen molar-refractivity contribution in [3.8, 4) is 11.1 Å². The lowest BCUT2D eigenvalue weighted by atomic mass is 9.90. The fourth-order valence-corrected chi connectivity index (χ4v) is 3.91. The van der Waals surface area contributed by atoms with Gasteiger partial charge in [-0.2, -0.15) is 0 Å². The fraction of sp³-hybridized carbons (Fsp3) is 0.478. The number of benzene rings is 2. The highest BCUT2D eigenvalue weighted by molar-refractivity contribution is 5.65. The lowest BCUT2D eigenvalue weighted by molar-refractivity contribution is -0.0214. The van der Waals surface area contributed by atoms with Gasteiger partial charge in [0, 0.05) is 11.1 Å². The molecule has 1 fully saturated rings. The molecule has 1 saturated heterocycles. The molecule has 0 radical (unpaired) electrons. The molecular formula is C23H27F3O. The van der Waals surface area contributed by atoms with Crippen molar-refractivity contribution in [1.82, 2.24) is 0 Å². The topological polar surface area (TPSA) is 9.23 Å². The third-order valence-corrected chi connectivity index (χ3v) is 5.41. The second-order valence-electron chi connectivity index (χ2n) is 7.44. The summed E-state index contributed by atoms with van der Waals surface area (Å²) in [6, 6.07) is 7.70. The quantitative estimate of drug-likeness (QED) is 0.528. The van der Waals surface area contributed by atoms with E-state index in [0.717, 1.165) is 25.7 Å². The SMILES string of the molecule is CCCc1ccc(-c2ccc(C3CCC(CCC)CO3)c(F)c2F)cc1F. The number of ether oxygens (including phenoxy) is 1. The Bertz CT molecular complexity index is 779. The maximum atomic E-state index is 14.7. The van der Waals surface area contributed by atoms with Crippen molar-refractivity contribution >= 4 is 0 Å². The van der Waals surface area contributed by atoms with E-state index >= 15 is 0 Å². The molecule has 2 aromatic rings. The molecule has 0 aromatic heterocycles. The molecule has 1 aliphatic rings. The molecule has 4 heteroatoms. The van der Waals surface area contributed by atoms with E-state index in [0.29, 0.717) is 36.5 Å². The monoisotopic (exact) mass is 376 g/mol. The van der Waals surface area contributed by atoms with Crippen molar-refractivity contribution in [1.29, 1.82) is 0 Å². The molecule has 0 bridgehead atoms. The zero-order valence-corrected chi connectivity index (χ0v) is 16.0. The molecule has 2 atom stereocenters. The fourth-order valence-electron chi connectivity index (χ4n) is 3.91. The summed E-state index contributed by atoms with van der Waals surface area (Å²) >= 11 is 0. The summed E-state index contributed by atoms with van der Waals surface area (Å²) < 4.78 is 49.5. The highest BCUT2D eigenvalue weighted by atomic mass is 19.2. The van der Waals surface area contributed by atoms with Crippen LogP contribution in [0.5, 0.6) is 0 Å². The normalized spacial score (nSPS) is 20.0. The average Bonchev–Trinajstić information content (AvgIpc) is 2.67. The molecule has 3 rings (SSSR count). The van der Waals surface area contributed by atoms with Gasteiger partial charge in [-0.3, -0.25) is 0 Å². The van der Waals surface area contributed by atoms with Crippen molar-refractivity contribution < 1.29 is 17.9 Å². The maximum Gasteiger partial charge on any atom is 0.167 e. The maximum absolute atomic E-state index is 14.7. The summed E-state index contributed by atoms with van der Waals surface area (Å²) in [5.74, 6) is -1.70. The minimum atomic E-state index is -0.936. The van der Waals surface area contributed by atoms with Crippen molar-refractivity contribution in [3.63, 3.8) is 0 Å². The van der Waals surface area contributed by atoms with Crippen LogP contribution in [0.3, 0.4) is 0 Å². The first-order valence-electron chi connectivity index (χ1n) is 9.93. The van der Waals surface area contributed by atoms with Gasteiger partial charge in [0.15, 0.2) is 11.6 Å². The van der Waals surface area contributed by atoms with Gasteiger partial charge in [0.05, 0.1) is 12.7 Å². The predicted octanol–water partition coefficient (Wildman–Crippen LogP) is 6.99. The Morgan fingerprint density at radius 3 is 2.41 bits per heavy atom. The zero-order chi connectivity index (χ0) is 19.4. The minimum Gasteiger partial charge on any atom is -0.373 e.